The molecule has 3 N–H and O–H groups in total. The molecule has 1 saturated heterocycles. The van der Waals surface area contributed by atoms with Crippen molar-refractivity contribution in [2.45, 2.75) is 25.3 Å². The highest BCUT2D eigenvalue weighted by Crippen LogP contribution is 2.17. The van der Waals surface area contributed by atoms with Gasteiger partial charge in [0.15, 0.2) is 0 Å². The molecule has 1 aliphatic heterocycles. The maximum Gasteiger partial charge on any atom is 0.240 e. The fraction of sp³-hybridized carbons (Fsp3) is 0.750. The average molecular weight is 242 g/mol. The van der Waals surface area contributed by atoms with Gasteiger partial charge in [-0.25, -0.2) is 0 Å². The molecule has 98 valence electrons. The molecule has 1 rings (SSSR count). The van der Waals surface area contributed by atoms with Crippen LogP contribution in [0.3, 0.4) is 0 Å². The van der Waals surface area contributed by atoms with E-state index in [-0.39, 0.29) is 5.91 Å². The molecule has 0 atom stereocenters. The van der Waals surface area contributed by atoms with E-state index in [0.29, 0.717) is 45.8 Å². The summed E-state index contributed by atoms with van der Waals surface area (Å²) in [5.41, 5.74) is 6.22. The second-order valence-corrected chi connectivity index (χ2v) is 4.53. The molecule has 0 saturated carbocycles. The molecule has 1 amide bonds. The van der Waals surface area contributed by atoms with Gasteiger partial charge >= 0.3 is 0 Å². The van der Waals surface area contributed by atoms with Crippen LogP contribution in [0.25, 0.3) is 0 Å². The summed E-state index contributed by atoms with van der Waals surface area (Å²) in [6, 6.07) is 0. The van der Waals surface area contributed by atoms with E-state index in [1.165, 1.54) is 0 Å². The monoisotopic (exact) mass is 242 g/mol. The molecule has 0 aliphatic carbocycles. The molecule has 5 heteroatoms. The minimum absolute atomic E-state index is 0.111. The van der Waals surface area contributed by atoms with Gasteiger partial charge in [0.05, 0.1) is 18.8 Å². The van der Waals surface area contributed by atoms with Crippen LogP contribution in [-0.2, 0) is 14.3 Å². The molecule has 5 nitrogen and oxygen atoms in total. The maximum atomic E-state index is 11.9. The lowest BCUT2D eigenvalue weighted by molar-refractivity contribution is -0.129. The highest BCUT2D eigenvalue weighted by molar-refractivity contribution is 5.86. The zero-order valence-electron chi connectivity index (χ0n) is 10.5. The summed E-state index contributed by atoms with van der Waals surface area (Å²) in [6.45, 7) is 8.21. The fourth-order valence-electron chi connectivity index (χ4n) is 1.62. The lowest BCUT2D eigenvalue weighted by atomic mass is 9.90. The average Bonchev–Trinajstić information content (AvgIpc) is 2.29. The standard InChI is InChI=1S/C12H22N2O3/c1-10(2)9-17-8-5-14-11(15)12(13)3-6-16-7-4-12/h1,3-9,13H2,2H3,(H,14,15). The maximum absolute atomic E-state index is 11.9. The first-order chi connectivity index (χ1) is 8.04. The zero-order chi connectivity index (χ0) is 12.7. The first-order valence-corrected chi connectivity index (χ1v) is 5.92. The topological polar surface area (TPSA) is 73.6 Å². The van der Waals surface area contributed by atoms with E-state index < -0.39 is 5.54 Å². The fourth-order valence-corrected chi connectivity index (χ4v) is 1.62. The van der Waals surface area contributed by atoms with Crippen molar-refractivity contribution in [2.75, 3.05) is 33.0 Å². The minimum atomic E-state index is -0.771. The smallest absolute Gasteiger partial charge is 0.240 e. The van der Waals surface area contributed by atoms with Gasteiger partial charge in [-0.3, -0.25) is 4.79 Å². The van der Waals surface area contributed by atoms with E-state index >= 15 is 0 Å². The molecular formula is C12H22N2O3. The van der Waals surface area contributed by atoms with Crippen molar-refractivity contribution >= 4 is 5.91 Å². The highest BCUT2D eigenvalue weighted by atomic mass is 16.5. The van der Waals surface area contributed by atoms with E-state index in [4.69, 9.17) is 15.2 Å². The summed E-state index contributed by atoms with van der Waals surface area (Å²) in [7, 11) is 0. The Kier molecular flexibility index (Phi) is 5.61. The van der Waals surface area contributed by atoms with Crippen LogP contribution in [0.5, 0.6) is 0 Å². The van der Waals surface area contributed by atoms with Gasteiger partial charge < -0.3 is 20.5 Å². The normalized spacial score (nSPS) is 18.7. The van der Waals surface area contributed by atoms with E-state index in [1.54, 1.807) is 0 Å². The van der Waals surface area contributed by atoms with Crippen LogP contribution in [0.4, 0.5) is 0 Å². The largest absolute Gasteiger partial charge is 0.381 e. The first kappa shape index (κ1) is 14.2. The lowest BCUT2D eigenvalue weighted by Crippen LogP contribution is -2.57. The van der Waals surface area contributed by atoms with Crippen LogP contribution >= 0.6 is 0 Å². The molecule has 0 aromatic heterocycles. The third-order valence-corrected chi connectivity index (χ3v) is 2.72. The summed E-state index contributed by atoms with van der Waals surface area (Å²) in [5.74, 6) is -0.111. The molecule has 1 aliphatic rings. The zero-order valence-corrected chi connectivity index (χ0v) is 10.5. The first-order valence-electron chi connectivity index (χ1n) is 5.92. The van der Waals surface area contributed by atoms with Crippen LogP contribution in [-0.4, -0.2) is 44.4 Å². The highest BCUT2D eigenvalue weighted by Gasteiger charge is 2.35. The van der Waals surface area contributed by atoms with Crippen LogP contribution in [0.15, 0.2) is 12.2 Å². The molecule has 1 fully saturated rings. The molecule has 1 heterocycles. The summed E-state index contributed by atoms with van der Waals surface area (Å²) < 4.78 is 10.5. The summed E-state index contributed by atoms with van der Waals surface area (Å²) >= 11 is 0. The number of carbonyl (C=O) groups excluding carboxylic acids is 1. The number of hydrogen-bond acceptors (Lipinski definition) is 4. The third-order valence-electron chi connectivity index (χ3n) is 2.72. The van der Waals surface area contributed by atoms with E-state index in [1.807, 2.05) is 6.92 Å². The lowest BCUT2D eigenvalue weighted by Gasteiger charge is -2.31. The van der Waals surface area contributed by atoms with Crippen molar-refractivity contribution in [2.24, 2.45) is 5.73 Å². The van der Waals surface area contributed by atoms with Gasteiger partial charge in [0.2, 0.25) is 5.91 Å². The van der Waals surface area contributed by atoms with Gasteiger partial charge in [-0.15, -0.1) is 0 Å². The number of nitrogens with one attached hydrogen (secondary N) is 1. The molecule has 0 bridgehead atoms. The Bertz CT molecular complexity index is 273. The van der Waals surface area contributed by atoms with Crippen molar-refractivity contribution in [3.8, 4) is 0 Å². The van der Waals surface area contributed by atoms with Crippen LogP contribution in [0.1, 0.15) is 19.8 Å². The summed E-state index contributed by atoms with van der Waals surface area (Å²) in [4.78, 5) is 11.9. The van der Waals surface area contributed by atoms with E-state index in [0.717, 1.165) is 5.57 Å². The van der Waals surface area contributed by atoms with Crippen LogP contribution in [0, 0.1) is 0 Å². The van der Waals surface area contributed by atoms with E-state index in [9.17, 15) is 4.79 Å². The van der Waals surface area contributed by atoms with Gasteiger partial charge in [-0.2, -0.15) is 0 Å². The second-order valence-electron chi connectivity index (χ2n) is 4.53. The third kappa shape index (κ3) is 4.85. The number of rotatable bonds is 6. The molecule has 0 aromatic carbocycles. The Morgan fingerprint density at radius 2 is 2.18 bits per heavy atom. The SMILES string of the molecule is C=C(C)COCCNC(=O)C1(N)CCOCC1. The van der Waals surface area contributed by atoms with Gasteiger partial charge in [0.25, 0.3) is 0 Å². The number of nitrogens with two attached hydrogens (primary N) is 1. The van der Waals surface area contributed by atoms with Crippen LogP contribution < -0.4 is 11.1 Å². The van der Waals surface area contributed by atoms with E-state index in [2.05, 4.69) is 11.9 Å². The molecule has 0 unspecified atom stereocenters. The van der Waals surface area contributed by atoms with Gasteiger partial charge in [-0.1, -0.05) is 12.2 Å². The van der Waals surface area contributed by atoms with Crippen molar-refractivity contribution in [3.05, 3.63) is 12.2 Å². The van der Waals surface area contributed by atoms with Crippen molar-refractivity contribution in [1.29, 1.82) is 0 Å². The van der Waals surface area contributed by atoms with Gasteiger partial charge in [-0.05, 0) is 19.8 Å². The summed E-state index contributed by atoms with van der Waals surface area (Å²) in [6.07, 6.45) is 1.15. The number of carbonyl (C=O) groups is 1. The van der Waals surface area contributed by atoms with Crippen molar-refractivity contribution in [3.63, 3.8) is 0 Å². The van der Waals surface area contributed by atoms with Gasteiger partial charge in [0, 0.05) is 19.8 Å². The van der Waals surface area contributed by atoms with Crippen LogP contribution in [0.2, 0.25) is 0 Å². The molecule has 0 radical (unpaired) electrons. The molecular weight excluding hydrogens is 220 g/mol. The Hall–Kier alpha value is -0.910. The summed E-state index contributed by atoms with van der Waals surface area (Å²) in [5, 5.41) is 2.79. The Labute approximate surface area is 102 Å². The predicted molar refractivity (Wildman–Crippen MR) is 65.6 cm³/mol. The molecule has 0 aromatic rings. The Morgan fingerprint density at radius 1 is 1.53 bits per heavy atom. The molecule has 17 heavy (non-hydrogen) atoms. The second kappa shape index (κ2) is 6.74. The molecule has 0 spiro atoms. The number of ether oxygens (including phenoxy) is 2. The van der Waals surface area contributed by atoms with Crippen molar-refractivity contribution in [1.82, 2.24) is 5.32 Å². The Balaban J connectivity index is 2.17. The number of hydrogen-bond donors (Lipinski definition) is 2. The quantitative estimate of drug-likeness (QED) is 0.515. The Morgan fingerprint density at radius 3 is 2.76 bits per heavy atom. The van der Waals surface area contributed by atoms with Crippen molar-refractivity contribution < 1.29 is 14.3 Å². The van der Waals surface area contributed by atoms with Gasteiger partial charge in [0.1, 0.15) is 0 Å². The number of amides is 1. The minimum Gasteiger partial charge on any atom is -0.381 e. The predicted octanol–water partition coefficient (Wildman–Crippen LogP) is 0.203.